The number of cyclic esters (lactones) is 1. The molecule has 9 heteroatoms. The summed E-state index contributed by atoms with van der Waals surface area (Å²) in [5.74, 6) is 3.08. The van der Waals surface area contributed by atoms with Crippen LogP contribution in [0.1, 0.15) is 42.7 Å². The lowest BCUT2D eigenvalue weighted by molar-refractivity contribution is -0.0124. The first-order chi connectivity index (χ1) is 16.6. The van der Waals surface area contributed by atoms with Gasteiger partial charge in [-0.1, -0.05) is 30.0 Å². The van der Waals surface area contributed by atoms with Gasteiger partial charge in [0.2, 0.25) is 5.76 Å². The topological polar surface area (TPSA) is 93.9 Å². The van der Waals surface area contributed by atoms with E-state index in [1.807, 2.05) is 30.3 Å². The number of rotatable bonds is 8. The molecule has 0 spiro atoms. The number of ether oxygens (including phenoxy) is 2. The van der Waals surface area contributed by atoms with E-state index in [0.717, 1.165) is 16.7 Å². The van der Waals surface area contributed by atoms with Crippen molar-refractivity contribution in [1.82, 2.24) is 15.4 Å². The fraction of sp³-hybridized carbons (Fsp3) is 0.560. The Morgan fingerprint density at radius 3 is 2.53 bits per heavy atom. The molecule has 180 valence electrons. The van der Waals surface area contributed by atoms with Crippen LogP contribution in [0.4, 0.5) is 4.79 Å². The standard InChI is InChI=1S/C25H29N3O5S/c29-23(26-20-17-11-15-10-16(13-17)14-18(20)12-15)21-22(34-19-4-2-1-3-5-19)24(27-33-21)31-8-6-28-7-9-32-25(28)30/h1-5,15-18,20H,6-14H2,(H,26,29). The molecule has 0 unspecified atom stereocenters. The fourth-order valence-electron chi connectivity index (χ4n) is 6.46. The van der Waals surface area contributed by atoms with Gasteiger partial charge in [-0.3, -0.25) is 4.79 Å². The number of nitrogens with zero attached hydrogens (tertiary/aromatic N) is 2. The van der Waals surface area contributed by atoms with Crippen molar-refractivity contribution in [2.24, 2.45) is 23.7 Å². The van der Waals surface area contributed by atoms with Gasteiger partial charge in [0.1, 0.15) is 18.1 Å². The van der Waals surface area contributed by atoms with Gasteiger partial charge >= 0.3 is 6.09 Å². The van der Waals surface area contributed by atoms with E-state index < -0.39 is 0 Å². The largest absolute Gasteiger partial charge is 0.473 e. The zero-order valence-electron chi connectivity index (χ0n) is 19.0. The second-order valence-electron chi connectivity index (χ2n) is 9.94. The van der Waals surface area contributed by atoms with Crippen molar-refractivity contribution in [1.29, 1.82) is 0 Å². The number of benzene rings is 1. The monoisotopic (exact) mass is 483 g/mol. The van der Waals surface area contributed by atoms with Crippen LogP contribution in [0.15, 0.2) is 44.6 Å². The smallest absolute Gasteiger partial charge is 0.410 e. The predicted octanol–water partition coefficient (Wildman–Crippen LogP) is 4.21. The van der Waals surface area contributed by atoms with Gasteiger partial charge in [-0.25, -0.2) is 4.79 Å². The Morgan fingerprint density at radius 2 is 1.85 bits per heavy atom. The quantitative estimate of drug-likeness (QED) is 0.601. The van der Waals surface area contributed by atoms with E-state index in [2.05, 4.69) is 10.5 Å². The lowest BCUT2D eigenvalue weighted by Gasteiger charge is -2.54. The molecule has 1 N–H and O–H groups in total. The molecule has 2 amide bonds. The van der Waals surface area contributed by atoms with E-state index in [4.69, 9.17) is 14.0 Å². The maximum Gasteiger partial charge on any atom is 0.410 e. The summed E-state index contributed by atoms with van der Waals surface area (Å²) in [6, 6.07) is 10.0. The van der Waals surface area contributed by atoms with Crippen LogP contribution in [-0.4, -0.2) is 54.4 Å². The lowest BCUT2D eigenvalue weighted by atomic mass is 9.54. The first-order valence-electron chi connectivity index (χ1n) is 12.2. The number of carbonyl (C=O) groups excluding carboxylic acids is 2. The molecule has 1 aromatic heterocycles. The fourth-order valence-corrected chi connectivity index (χ4v) is 7.39. The average molecular weight is 484 g/mol. The zero-order chi connectivity index (χ0) is 23.1. The molecule has 2 heterocycles. The van der Waals surface area contributed by atoms with Crippen molar-refractivity contribution in [2.75, 3.05) is 26.3 Å². The molecule has 0 radical (unpaired) electrons. The van der Waals surface area contributed by atoms with E-state index in [1.165, 1.54) is 43.9 Å². The average Bonchev–Trinajstić information content (AvgIpc) is 3.42. The summed E-state index contributed by atoms with van der Waals surface area (Å²) in [5.41, 5.74) is 0. The van der Waals surface area contributed by atoms with Crippen LogP contribution < -0.4 is 10.1 Å². The van der Waals surface area contributed by atoms with Gasteiger partial charge in [0.25, 0.3) is 11.8 Å². The highest BCUT2D eigenvalue weighted by atomic mass is 32.2. The van der Waals surface area contributed by atoms with Crippen LogP contribution in [0.3, 0.4) is 0 Å². The summed E-state index contributed by atoms with van der Waals surface area (Å²) in [5, 5.41) is 7.40. The minimum Gasteiger partial charge on any atom is -0.473 e. The second kappa shape index (κ2) is 9.17. The number of carbonyl (C=O) groups is 2. The van der Waals surface area contributed by atoms with Gasteiger partial charge in [0.15, 0.2) is 0 Å². The summed E-state index contributed by atoms with van der Waals surface area (Å²) in [6.07, 6.45) is 5.96. The molecule has 7 rings (SSSR count). The van der Waals surface area contributed by atoms with Crippen LogP contribution in [0.5, 0.6) is 5.88 Å². The third-order valence-electron chi connectivity index (χ3n) is 7.76. The zero-order valence-corrected chi connectivity index (χ0v) is 19.8. The highest BCUT2D eigenvalue weighted by Gasteiger charge is 2.49. The maximum absolute atomic E-state index is 13.4. The Kier molecular flexibility index (Phi) is 5.89. The summed E-state index contributed by atoms with van der Waals surface area (Å²) >= 11 is 1.40. The number of amides is 2. The summed E-state index contributed by atoms with van der Waals surface area (Å²) in [4.78, 5) is 28.2. The molecular formula is C25H29N3O5S. The minimum absolute atomic E-state index is 0.193. The van der Waals surface area contributed by atoms with Gasteiger partial charge < -0.3 is 24.2 Å². The van der Waals surface area contributed by atoms with Crippen molar-refractivity contribution in [3.8, 4) is 5.88 Å². The highest BCUT2D eigenvalue weighted by molar-refractivity contribution is 7.99. The molecule has 8 nitrogen and oxygen atoms in total. The molecule has 1 aromatic carbocycles. The van der Waals surface area contributed by atoms with Crippen LogP contribution in [-0.2, 0) is 4.74 Å². The first kappa shape index (κ1) is 21.8. The molecule has 1 saturated heterocycles. The van der Waals surface area contributed by atoms with Crippen LogP contribution in [0.25, 0.3) is 0 Å². The third kappa shape index (κ3) is 4.26. The molecular weight excluding hydrogens is 454 g/mol. The van der Waals surface area contributed by atoms with Crippen LogP contribution in [0.2, 0.25) is 0 Å². The number of aromatic nitrogens is 1. The van der Waals surface area contributed by atoms with Gasteiger partial charge in [0.05, 0.1) is 13.1 Å². The van der Waals surface area contributed by atoms with Gasteiger partial charge in [-0.2, -0.15) is 0 Å². The maximum atomic E-state index is 13.4. The van der Waals surface area contributed by atoms with Crippen molar-refractivity contribution in [3.05, 3.63) is 36.1 Å². The Hall–Kier alpha value is -2.68. The SMILES string of the molecule is O=C(NC1C2CC3CC(C2)CC1C3)c1onc(OCCN2CCOC2=O)c1Sc1ccccc1. The number of hydrogen-bond acceptors (Lipinski definition) is 7. The third-order valence-corrected chi connectivity index (χ3v) is 8.83. The van der Waals surface area contributed by atoms with Crippen molar-refractivity contribution in [3.63, 3.8) is 0 Å². The molecule has 2 aromatic rings. The summed E-state index contributed by atoms with van der Waals surface area (Å²) < 4.78 is 16.4. The van der Waals surface area contributed by atoms with Crippen molar-refractivity contribution < 1.29 is 23.6 Å². The lowest BCUT2D eigenvalue weighted by Crippen LogP contribution is -2.55. The highest BCUT2D eigenvalue weighted by Crippen LogP contribution is 2.53. The Bertz CT molecular complexity index is 1030. The van der Waals surface area contributed by atoms with E-state index in [1.54, 1.807) is 4.90 Å². The van der Waals surface area contributed by atoms with E-state index in [9.17, 15) is 9.59 Å². The molecule has 4 saturated carbocycles. The van der Waals surface area contributed by atoms with Gasteiger partial charge in [-0.05, 0) is 73.1 Å². The predicted molar refractivity (Wildman–Crippen MR) is 124 cm³/mol. The van der Waals surface area contributed by atoms with Crippen LogP contribution in [0, 0.1) is 23.7 Å². The second-order valence-corrected chi connectivity index (χ2v) is 11.0. The number of nitrogens with one attached hydrogen (secondary N) is 1. The van der Waals surface area contributed by atoms with Crippen molar-refractivity contribution in [2.45, 2.75) is 47.9 Å². The molecule has 5 fully saturated rings. The Morgan fingerprint density at radius 1 is 1.12 bits per heavy atom. The molecule has 34 heavy (non-hydrogen) atoms. The van der Waals surface area contributed by atoms with Gasteiger partial charge in [0, 0.05) is 10.9 Å². The van der Waals surface area contributed by atoms with Crippen molar-refractivity contribution >= 4 is 23.8 Å². The van der Waals surface area contributed by atoms with E-state index >= 15 is 0 Å². The van der Waals surface area contributed by atoms with E-state index in [-0.39, 0.29) is 36.3 Å². The van der Waals surface area contributed by atoms with Gasteiger partial charge in [-0.15, -0.1) is 0 Å². The minimum atomic E-state index is -0.335. The summed E-state index contributed by atoms with van der Waals surface area (Å²) in [7, 11) is 0. The molecule has 1 aliphatic heterocycles. The molecule has 5 aliphatic rings. The molecule has 0 atom stereocenters. The van der Waals surface area contributed by atoms with Crippen LogP contribution >= 0.6 is 11.8 Å². The Labute approximate surface area is 202 Å². The van der Waals surface area contributed by atoms with E-state index in [0.29, 0.717) is 36.4 Å². The normalized spacial score (nSPS) is 29.4. The number of hydrogen-bond donors (Lipinski definition) is 1. The Balaban J connectivity index is 1.18. The summed E-state index contributed by atoms with van der Waals surface area (Å²) in [6.45, 7) is 1.57. The first-order valence-corrected chi connectivity index (χ1v) is 13.0. The molecule has 4 aliphatic carbocycles. The molecule has 4 bridgehead atoms.